The Kier molecular flexibility index (Phi) is 5.57. The Morgan fingerprint density at radius 3 is 2.95 bits per heavy atom. The minimum Gasteiger partial charge on any atom is -0.356 e. The molecule has 4 heteroatoms. The molecule has 4 nitrogen and oxygen atoms in total. The molecular weight excluding hydrogens is 274 g/mol. The van der Waals surface area contributed by atoms with Crippen LogP contribution in [-0.2, 0) is 11.3 Å². The van der Waals surface area contributed by atoms with E-state index in [1.54, 1.807) is 0 Å². The van der Waals surface area contributed by atoms with Crippen molar-refractivity contribution in [3.05, 3.63) is 35.4 Å². The topological polar surface area (TPSA) is 56.1 Å². The predicted molar refractivity (Wildman–Crippen MR) is 87.1 cm³/mol. The van der Waals surface area contributed by atoms with Crippen molar-refractivity contribution in [1.82, 2.24) is 10.2 Å². The molecule has 1 aliphatic heterocycles. The van der Waals surface area contributed by atoms with E-state index in [0.717, 1.165) is 56.6 Å². The van der Waals surface area contributed by atoms with Gasteiger partial charge in [-0.1, -0.05) is 25.1 Å². The van der Waals surface area contributed by atoms with Gasteiger partial charge in [-0.05, 0) is 44.4 Å². The lowest BCUT2D eigenvalue weighted by Gasteiger charge is -2.39. The molecule has 0 aromatic heterocycles. The van der Waals surface area contributed by atoms with Gasteiger partial charge in [0.05, 0.1) is 17.0 Å². The van der Waals surface area contributed by atoms with Crippen LogP contribution in [0.3, 0.4) is 0 Å². The second-order valence-electron chi connectivity index (χ2n) is 6.40. The quantitative estimate of drug-likeness (QED) is 0.909. The smallest absolute Gasteiger partial charge is 0.227 e. The summed E-state index contributed by atoms with van der Waals surface area (Å²) in [5, 5.41) is 12.2. The Morgan fingerprint density at radius 1 is 1.45 bits per heavy atom. The SMILES string of the molecule is CCCNC(=O)C1(C)CCCN(Cc2ccccc2C#N)C1. The van der Waals surface area contributed by atoms with Gasteiger partial charge in [-0.3, -0.25) is 9.69 Å². The summed E-state index contributed by atoms with van der Waals surface area (Å²) in [5.74, 6) is 0.160. The molecule has 1 fully saturated rings. The zero-order valence-electron chi connectivity index (χ0n) is 13.6. The molecular formula is C18H25N3O. The van der Waals surface area contributed by atoms with Crippen LogP contribution in [0.5, 0.6) is 0 Å². The maximum absolute atomic E-state index is 12.4. The van der Waals surface area contributed by atoms with E-state index in [2.05, 4.69) is 30.1 Å². The number of hydrogen-bond acceptors (Lipinski definition) is 3. The van der Waals surface area contributed by atoms with Crippen LogP contribution in [0.4, 0.5) is 0 Å². The number of nitrogens with zero attached hydrogens (tertiary/aromatic N) is 2. The summed E-state index contributed by atoms with van der Waals surface area (Å²) in [6, 6.07) is 9.96. The van der Waals surface area contributed by atoms with E-state index in [-0.39, 0.29) is 11.3 Å². The van der Waals surface area contributed by atoms with Crippen molar-refractivity contribution in [2.24, 2.45) is 5.41 Å². The molecule has 0 radical (unpaired) electrons. The molecule has 1 aliphatic rings. The number of likely N-dealkylation sites (tertiary alicyclic amines) is 1. The van der Waals surface area contributed by atoms with Crippen LogP contribution >= 0.6 is 0 Å². The van der Waals surface area contributed by atoms with Crippen molar-refractivity contribution in [3.8, 4) is 6.07 Å². The Morgan fingerprint density at radius 2 is 2.23 bits per heavy atom. The molecule has 1 aromatic carbocycles. The number of hydrogen-bond donors (Lipinski definition) is 1. The van der Waals surface area contributed by atoms with Crippen molar-refractivity contribution in [1.29, 1.82) is 5.26 Å². The minimum absolute atomic E-state index is 0.160. The summed E-state index contributed by atoms with van der Waals surface area (Å²) in [6.45, 7) is 7.33. The van der Waals surface area contributed by atoms with Gasteiger partial charge >= 0.3 is 0 Å². The number of amides is 1. The lowest BCUT2D eigenvalue weighted by molar-refractivity contribution is -0.133. The number of carbonyl (C=O) groups excluding carboxylic acids is 1. The highest BCUT2D eigenvalue weighted by Gasteiger charge is 2.37. The molecule has 0 bridgehead atoms. The standard InChI is InChI=1S/C18H25N3O/c1-3-10-20-17(22)18(2)9-6-11-21(14-18)13-16-8-5-4-7-15(16)12-19/h4-5,7-8H,3,6,9-11,13-14H2,1-2H3,(H,20,22). The second kappa shape index (κ2) is 7.42. The van der Waals surface area contributed by atoms with Gasteiger partial charge in [0, 0.05) is 19.6 Å². The van der Waals surface area contributed by atoms with Gasteiger partial charge in [0.25, 0.3) is 0 Å². The van der Waals surface area contributed by atoms with Gasteiger partial charge in [-0.25, -0.2) is 0 Å². The summed E-state index contributed by atoms with van der Waals surface area (Å²) in [5.41, 5.74) is 1.45. The van der Waals surface area contributed by atoms with Crippen LogP contribution in [0.2, 0.25) is 0 Å². The number of rotatable bonds is 5. The molecule has 118 valence electrons. The first kappa shape index (κ1) is 16.5. The Hall–Kier alpha value is -1.86. The molecule has 1 N–H and O–H groups in total. The minimum atomic E-state index is -0.324. The predicted octanol–water partition coefficient (Wildman–Crippen LogP) is 2.69. The highest BCUT2D eigenvalue weighted by molar-refractivity contribution is 5.82. The second-order valence-corrected chi connectivity index (χ2v) is 6.40. The highest BCUT2D eigenvalue weighted by Crippen LogP contribution is 2.30. The molecule has 22 heavy (non-hydrogen) atoms. The first-order chi connectivity index (χ1) is 10.6. The van der Waals surface area contributed by atoms with Gasteiger partial charge in [-0.15, -0.1) is 0 Å². The summed E-state index contributed by atoms with van der Waals surface area (Å²) in [4.78, 5) is 14.7. The van der Waals surface area contributed by atoms with Crippen molar-refractivity contribution >= 4 is 5.91 Å². The van der Waals surface area contributed by atoms with Crippen LogP contribution in [0.15, 0.2) is 24.3 Å². The molecule has 0 spiro atoms. The van der Waals surface area contributed by atoms with Gasteiger partial charge in [-0.2, -0.15) is 5.26 Å². The molecule has 1 atom stereocenters. The van der Waals surface area contributed by atoms with Crippen LogP contribution in [0.1, 0.15) is 44.2 Å². The number of nitriles is 1. The van der Waals surface area contributed by atoms with E-state index in [9.17, 15) is 10.1 Å². The van der Waals surface area contributed by atoms with Crippen molar-refractivity contribution < 1.29 is 4.79 Å². The van der Waals surface area contributed by atoms with Crippen LogP contribution < -0.4 is 5.32 Å². The number of carbonyl (C=O) groups is 1. The van der Waals surface area contributed by atoms with E-state index in [1.165, 1.54) is 0 Å². The van der Waals surface area contributed by atoms with Crippen LogP contribution in [0.25, 0.3) is 0 Å². The largest absolute Gasteiger partial charge is 0.356 e. The summed E-state index contributed by atoms with van der Waals surface area (Å²) in [7, 11) is 0. The maximum atomic E-state index is 12.4. The Bertz CT molecular complexity index is 564. The summed E-state index contributed by atoms with van der Waals surface area (Å²) < 4.78 is 0. The fourth-order valence-corrected chi connectivity index (χ4v) is 3.12. The monoisotopic (exact) mass is 299 g/mol. The van der Waals surface area contributed by atoms with Crippen LogP contribution in [0, 0.1) is 16.7 Å². The summed E-state index contributed by atoms with van der Waals surface area (Å²) >= 11 is 0. The Balaban J connectivity index is 2.04. The average Bonchev–Trinajstić information content (AvgIpc) is 2.53. The zero-order chi connectivity index (χ0) is 16.0. The highest BCUT2D eigenvalue weighted by atomic mass is 16.2. The third-order valence-electron chi connectivity index (χ3n) is 4.39. The van der Waals surface area contributed by atoms with E-state index < -0.39 is 0 Å². The molecule has 1 aromatic rings. The first-order valence-corrected chi connectivity index (χ1v) is 8.08. The van der Waals surface area contributed by atoms with Gasteiger partial charge in [0.1, 0.15) is 0 Å². The fourth-order valence-electron chi connectivity index (χ4n) is 3.12. The van der Waals surface area contributed by atoms with Crippen molar-refractivity contribution in [2.75, 3.05) is 19.6 Å². The maximum Gasteiger partial charge on any atom is 0.227 e. The van der Waals surface area contributed by atoms with Gasteiger partial charge < -0.3 is 5.32 Å². The third-order valence-corrected chi connectivity index (χ3v) is 4.39. The van der Waals surface area contributed by atoms with E-state index >= 15 is 0 Å². The zero-order valence-corrected chi connectivity index (χ0v) is 13.6. The molecule has 0 saturated carbocycles. The molecule has 2 rings (SSSR count). The van der Waals surface area contributed by atoms with E-state index in [0.29, 0.717) is 0 Å². The van der Waals surface area contributed by atoms with Crippen molar-refractivity contribution in [3.63, 3.8) is 0 Å². The molecule has 1 saturated heterocycles. The third kappa shape index (κ3) is 3.86. The molecule has 1 amide bonds. The van der Waals surface area contributed by atoms with Gasteiger partial charge in [0.15, 0.2) is 0 Å². The normalized spacial score (nSPS) is 22.0. The Labute approximate surface area is 133 Å². The lowest BCUT2D eigenvalue weighted by Crippen LogP contribution is -2.50. The number of nitrogens with one attached hydrogen (secondary N) is 1. The number of benzene rings is 1. The van der Waals surface area contributed by atoms with E-state index in [4.69, 9.17) is 0 Å². The molecule has 1 heterocycles. The molecule has 1 unspecified atom stereocenters. The van der Waals surface area contributed by atoms with E-state index in [1.807, 2.05) is 24.3 Å². The van der Waals surface area contributed by atoms with Crippen LogP contribution in [-0.4, -0.2) is 30.4 Å². The van der Waals surface area contributed by atoms with Crippen molar-refractivity contribution in [2.45, 2.75) is 39.7 Å². The lowest BCUT2D eigenvalue weighted by atomic mass is 9.80. The molecule has 0 aliphatic carbocycles. The fraction of sp³-hybridized carbons (Fsp3) is 0.556. The number of piperidine rings is 1. The first-order valence-electron chi connectivity index (χ1n) is 8.08. The summed E-state index contributed by atoms with van der Waals surface area (Å²) in [6.07, 6.45) is 2.91. The average molecular weight is 299 g/mol. The van der Waals surface area contributed by atoms with Gasteiger partial charge in [0.2, 0.25) is 5.91 Å².